The van der Waals surface area contributed by atoms with Crippen LogP contribution in [0.5, 0.6) is 0 Å². The van der Waals surface area contributed by atoms with Crippen LogP contribution < -0.4 is 0 Å². The summed E-state index contributed by atoms with van der Waals surface area (Å²) in [5, 5.41) is 9.90. The fourth-order valence-electron chi connectivity index (χ4n) is 0.571. The van der Waals surface area contributed by atoms with Crippen LogP contribution in [0.2, 0.25) is 0 Å². The van der Waals surface area contributed by atoms with Crippen molar-refractivity contribution >= 4 is 0 Å². The highest BCUT2D eigenvalue weighted by atomic mass is 16.6. The van der Waals surface area contributed by atoms with E-state index in [1.165, 1.54) is 6.08 Å². The van der Waals surface area contributed by atoms with Crippen molar-refractivity contribution in [1.29, 1.82) is 0 Å². The summed E-state index contributed by atoms with van der Waals surface area (Å²) in [5.74, 6) is 0. The molecule has 0 heterocycles. The molecule has 0 saturated heterocycles. The largest absolute Gasteiger partial charge is 0.259 e. The van der Waals surface area contributed by atoms with E-state index in [4.69, 9.17) is 0 Å². The molecule has 1 rings (SSSR count). The Balaban J connectivity index is 0.000000252. The first-order valence-corrected chi connectivity index (χ1v) is 4.31. The van der Waals surface area contributed by atoms with Crippen LogP contribution in [-0.2, 0) is 0 Å². The maximum absolute atomic E-state index is 9.90. The summed E-state index contributed by atoms with van der Waals surface area (Å²) in [6.45, 7) is 8.75. The van der Waals surface area contributed by atoms with Crippen LogP contribution in [0.15, 0.2) is 23.9 Å². The van der Waals surface area contributed by atoms with Gasteiger partial charge in [-0.2, -0.15) is 0 Å². The monoisotopic (exact) mass is 183 g/mol. The molecule has 0 radical (unpaired) electrons. The van der Waals surface area contributed by atoms with Crippen molar-refractivity contribution in [3.05, 3.63) is 34.0 Å². The minimum atomic E-state index is -0.361. The fourth-order valence-corrected chi connectivity index (χ4v) is 0.571. The van der Waals surface area contributed by atoms with Gasteiger partial charge < -0.3 is 0 Å². The van der Waals surface area contributed by atoms with Crippen molar-refractivity contribution in [1.82, 2.24) is 0 Å². The highest BCUT2D eigenvalue weighted by Gasteiger charge is 2.08. The first-order chi connectivity index (χ1) is 5.80. The molecular formula is C10H17NO2. The number of nitrogens with zero attached hydrogens (tertiary/aromatic N) is 1. The summed E-state index contributed by atoms with van der Waals surface area (Å²) < 4.78 is 0. The van der Waals surface area contributed by atoms with E-state index in [-0.39, 0.29) is 10.6 Å². The van der Waals surface area contributed by atoms with Crippen LogP contribution in [0.4, 0.5) is 0 Å². The highest BCUT2D eigenvalue weighted by Crippen LogP contribution is 2.09. The van der Waals surface area contributed by atoms with E-state index in [2.05, 4.69) is 27.7 Å². The van der Waals surface area contributed by atoms with Crippen LogP contribution in [-0.4, -0.2) is 4.92 Å². The number of rotatable bonds is 1. The van der Waals surface area contributed by atoms with E-state index >= 15 is 0 Å². The van der Waals surface area contributed by atoms with Gasteiger partial charge in [0.15, 0.2) is 0 Å². The third-order valence-corrected chi connectivity index (χ3v) is 0.986. The van der Waals surface area contributed by atoms with Gasteiger partial charge in [0.05, 0.1) is 11.3 Å². The van der Waals surface area contributed by atoms with Gasteiger partial charge in [-0.1, -0.05) is 39.8 Å². The first-order valence-electron chi connectivity index (χ1n) is 4.31. The van der Waals surface area contributed by atoms with Gasteiger partial charge in [0, 0.05) is 6.08 Å². The number of allylic oxidation sites excluding steroid dienone is 3. The molecule has 0 aromatic heterocycles. The zero-order chi connectivity index (χ0) is 10.5. The lowest BCUT2D eigenvalue weighted by Crippen LogP contribution is -1.93. The van der Waals surface area contributed by atoms with Crippen LogP contribution in [0.3, 0.4) is 0 Å². The molecule has 0 atom stereocenters. The van der Waals surface area contributed by atoms with E-state index in [9.17, 15) is 10.1 Å². The normalized spacial score (nSPS) is 14.6. The Hall–Kier alpha value is -1.12. The highest BCUT2D eigenvalue weighted by molar-refractivity contribution is 5.17. The lowest BCUT2D eigenvalue weighted by atomic mass is 10.0. The minimum Gasteiger partial charge on any atom is -0.259 e. The maximum Gasteiger partial charge on any atom is 0.249 e. The van der Waals surface area contributed by atoms with Crippen molar-refractivity contribution in [2.24, 2.45) is 5.41 Å². The molecule has 0 aromatic carbocycles. The second kappa shape index (κ2) is 4.80. The second-order valence-electron chi connectivity index (χ2n) is 4.55. The minimum absolute atomic E-state index is 0.282. The summed E-state index contributed by atoms with van der Waals surface area (Å²) in [6.07, 6.45) is 5.45. The summed E-state index contributed by atoms with van der Waals surface area (Å²) in [5.41, 5.74) is 0.782. The van der Waals surface area contributed by atoms with Gasteiger partial charge >= 0.3 is 0 Å². The first kappa shape index (κ1) is 11.9. The summed E-state index contributed by atoms with van der Waals surface area (Å²) in [7, 11) is 0. The number of nitro groups is 1. The van der Waals surface area contributed by atoms with Crippen molar-refractivity contribution in [2.45, 2.75) is 34.1 Å². The van der Waals surface area contributed by atoms with Crippen LogP contribution in [0.1, 0.15) is 34.1 Å². The van der Waals surface area contributed by atoms with E-state index < -0.39 is 0 Å². The molecule has 0 aromatic rings. The molecule has 0 fully saturated rings. The van der Waals surface area contributed by atoms with E-state index in [0.29, 0.717) is 11.8 Å². The molecule has 0 spiro atoms. The van der Waals surface area contributed by atoms with Crippen LogP contribution >= 0.6 is 0 Å². The molecule has 0 aliphatic heterocycles. The smallest absolute Gasteiger partial charge is 0.249 e. The Labute approximate surface area is 79.3 Å². The van der Waals surface area contributed by atoms with Crippen molar-refractivity contribution < 1.29 is 4.92 Å². The Morgan fingerprint density at radius 2 is 1.85 bits per heavy atom. The number of hydrogen-bond donors (Lipinski definition) is 0. The predicted octanol–water partition coefficient (Wildman–Crippen LogP) is 3.16. The third kappa shape index (κ3) is 8.79. The van der Waals surface area contributed by atoms with Crippen molar-refractivity contribution in [3.8, 4) is 0 Å². The lowest BCUT2D eigenvalue weighted by molar-refractivity contribution is -0.426. The van der Waals surface area contributed by atoms with Gasteiger partial charge in [-0.3, -0.25) is 10.1 Å². The zero-order valence-electron chi connectivity index (χ0n) is 8.70. The predicted molar refractivity (Wildman–Crippen MR) is 54.0 cm³/mol. The van der Waals surface area contributed by atoms with E-state index in [1.807, 2.05) is 0 Å². The van der Waals surface area contributed by atoms with E-state index in [1.54, 1.807) is 12.2 Å². The summed E-state index contributed by atoms with van der Waals surface area (Å²) >= 11 is 0. The molecule has 1 aliphatic carbocycles. The van der Waals surface area contributed by atoms with Gasteiger partial charge in [0.1, 0.15) is 0 Å². The second-order valence-corrected chi connectivity index (χ2v) is 4.55. The van der Waals surface area contributed by atoms with Crippen LogP contribution in [0, 0.1) is 15.5 Å². The fraction of sp³-hybridized carbons (Fsp3) is 0.600. The van der Waals surface area contributed by atoms with Gasteiger partial charge in [-0.05, 0) is 5.41 Å². The third-order valence-electron chi connectivity index (χ3n) is 0.986. The SMILES string of the molecule is CC(C)(C)C.O=[N+]([O-])C1=CC=CC1. The average Bonchev–Trinajstić information content (AvgIpc) is 2.31. The van der Waals surface area contributed by atoms with Crippen molar-refractivity contribution in [2.75, 3.05) is 0 Å². The summed E-state index contributed by atoms with van der Waals surface area (Å²) in [6, 6.07) is 0. The van der Waals surface area contributed by atoms with Gasteiger partial charge in [0.25, 0.3) is 0 Å². The van der Waals surface area contributed by atoms with Gasteiger partial charge in [-0.15, -0.1) is 0 Å². The number of hydrogen-bond acceptors (Lipinski definition) is 2. The van der Waals surface area contributed by atoms with E-state index in [0.717, 1.165) is 0 Å². The molecule has 0 bridgehead atoms. The standard InChI is InChI=1S/C5H5NO2.C5H12/c7-6(8)5-3-1-2-4-5;1-5(2,3)4/h1-3H,4H2;1-4H3. The van der Waals surface area contributed by atoms with Crippen molar-refractivity contribution in [3.63, 3.8) is 0 Å². The molecule has 13 heavy (non-hydrogen) atoms. The molecule has 0 amide bonds. The van der Waals surface area contributed by atoms with Crippen LogP contribution in [0.25, 0.3) is 0 Å². The Kier molecular flexibility index (Phi) is 4.38. The average molecular weight is 183 g/mol. The lowest BCUT2D eigenvalue weighted by Gasteiger charge is -2.05. The van der Waals surface area contributed by atoms with Gasteiger partial charge in [0.2, 0.25) is 5.70 Å². The molecule has 3 heteroatoms. The zero-order valence-corrected chi connectivity index (χ0v) is 8.70. The molecule has 0 saturated carbocycles. The Morgan fingerprint density at radius 3 is 2.00 bits per heavy atom. The molecule has 0 unspecified atom stereocenters. The molecule has 0 N–H and O–H groups in total. The molecule has 74 valence electrons. The van der Waals surface area contributed by atoms with Gasteiger partial charge in [-0.25, -0.2) is 0 Å². The topological polar surface area (TPSA) is 43.1 Å². The molecule has 3 nitrogen and oxygen atoms in total. The quantitative estimate of drug-likeness (QED) is 0.463. The molecular weight excluding hydrogens is 166 g/mol. The Morgan fingerprint density at radius 1 is 1.38 bits per heavy atom. The molecule has 1 aliphatic rings. The Bertz CT molecular complexity index is 228. The maximum atomic E-state index is 9.90. The summed E-state index contributed by atoms with van der Waals surface area (Å²) in [4.78, 5) is 9.54.